The summed E-state index contributed by atoms with van der Waals surface area (Å²) in [5, 5.41) is 0. The Morgan fingerprint density at radius 3 is 2.39 bits per heavy atom. The van der Waals surface area contributed by atoms with Gasteiger partial charge in [-0.25, -0.2) is 0 Å². The molecule has 0 atom stereocenters. The zero-order valence-corrected chi connectivity index (χ0v) is 10.5. The van der Waals surface area contributed by atoms with Gasteiger partial charge in [-0.05, 0) is 32.1 Å². The molecule has 1 heterocycles. The summed E-state index contributed by atoms with van der Waals surface area (Å²) in [4.78, 5) is 23.8. The summed E-state index contributed by atoms with van der Waals surface area (Å²) in [5.74, 6) is -0.438. The molecule has 0 unspecified atom stereocenters. The van der Waals surface area contributed by atoms with Crippen molar-refractivity contribution < 1.29 is 14.3 Å². The third kappa shape index (κ3) is 3.40. The number of carbonyl (C=O) groups is 2. The van der Waals surface area contributed by atoms with Gasteiger partial charge in [0.2, 0.25) is 0 Å². The van der Waals surface area contributed by atoms with Crippen molar-refractivity contribution in [3.63, 3.8) is 0 Å². The zero-order valence-electron chi connectivity index (χ0n) is 10.5. The van der Waals surface area contributed by atoms with Crippen LogP contribution in [0.4, 0.5) is 0 Å². The number of carbonyl (C=O) groups excluding carboxylic acids is 2. The smallest absolute Gasteiger partial charge is 0.253 e. The standard InChI is InChI=1S/C13H20N2O3/c14-10-2-4-11(5-3-10)18-9-1-8-15-12(16)6-7-13(15)17/h6-7,10-11H,1-5,8-9,14H2. The molecular weight excluding hydrogens is 232 g/mol. The Bertz CT molecular complexity index is 328. The molecular formula is C13H20N2O3. The van der Waals surface area contributed by atoms with E-state index in [-0.39, 0.29) is 11.8 Å². The Morgan fingerprint density at radius 1 is 1.17 bits per heavy atom. The summed E-state index contributed by atoms with van der Waals surface area (Å²) in [6.07, 6.45) is 7.70. The molecule has 1 aliphatic carbocycles. The molecule has 1 fully saturated rings. The van der Waals surface area contributed by atoms with E-state index in [1.165, 1.54) is 17.1 Å². The molecule has 0 aromatic heterocycles. The summed E-state index contributed by atoms with van der Waals surface area (Å²) >= 11 is 0. The first-order valence-corrected chi connectivity index (χ1v) is 6.57. The minimum atomic E-state index is -0.219. The highest BCUT2D eigenvalue weighted by Crippen LogP contribution is 2.19. The third-order valence-corrected chi connectivity index (χ3v) is 3.50. The molecule has 2 rings (SSSR count). The van der Waals surface area contributed by atoms with Crippen molar-refractivity contribution in [2.24, 2.45) is 5.73 Å². The zero-order chi connectivity index (χ0) is 13.0. The predicted octanol–water partition coefficient (Wildman–Crippen LogP) is 0.588. The average Bonchev–Trinajstić information content (AvgIpc) is 2.68. The van der Waals surface area contributed by atoms with Crippen LogP contribution in [0.5, 0.6) is 0 Å². The monoisotopic (exact) mass is 252 g/mol. The van der Waals surface area contributed by atoms with Crippen LogP contribution in [-0.4, -0.2) is 42.0 Å². The van der Waals surface area contributed by atoms with Gasteiger partial charge in [0.1, 0.15) is 0 Å². The summed E-state index contributed by atoms with van der Waals surface area (Å²) < 4.78 is 5.74. The Balaban J connectivity index is 1.59. The molecule has 5 nitrogen and oxygen atoms in total. The molecule has 0 aromatic carbocycles. The topological polar surface area (TPSA) is 72.6 Å². The van der Waals surface area contributed by atoms with Crippen molar-refractivity contribution in [1.82, 2.24) is 4.90 Å². The van der Waals surface area contributed by atoms with Crippen LogP contribution in [0.3, 0.4) is 0 Å². The van der Waals surface area contributed by atoms with Crippen LogP contribution in [0.25, 0.3) is 0 Å². The van der Waals surface area contributed by atoms with Gasteiger partial charge in [0.15, 0.2) is 0 Å². The molecule has 0 aromatic rings. The van der Waals surface area contributed by atoms with Crippen LogP contribution in [0, 0.1) is 0 Å². The second-order valence-corrected chi connectivity index (χ2v) is 4.92. The quantitative estimate of drug-likeness (QED) is 0.574. The van der Waals surface area contributed by atoms with Gasteiger partial charge in [0, 0.05) is 31.3 Å². The van der Waals surface area contributed by atoms with E-state index in [1.807, 2.05) is 0 Å². The lowest BCUT2D eigenvalue weighted by atomic mass is 9.94. The molecule has 0 spiro atoms. The summed E-state index contributed by atoms with van der Waals surface area (Å²) in [6.45, 7) is 1.04. The minimum absolute atomic E-state index is 0.219. The fourth-order valence-corrected chi connectivity index (χ4v) is 2.38. The second kappa shape index (κ2) is 6.11. The van der Waals surface area contributed by atoms with E-state index in [9.17, 15) is 9.59 Å². The number of hydrogen-bond donors (Lipinski definition) is 1. The lowest BCUT2D eigenvalue weighted by molar-refractivity contribution is -0.137. The van der Waals surface area contributed by atoms with Gasteiger partial charge in [-0.1, -0.05) is 0 Å². The molecule has 18 heavy (non-hydrogen) atoms. The van der Waals surface area contributed by atoms with Gasteiger partial charge in [-0.15, -0.1) is 0 Å². The highest BCUT2D eigenvalue weighted by molar-refractivity contribution is 6.12. The number of rotatable bonds is 5. The molecule has 2 aliphatic rings. The number of amides is 2. The molecule has 1 saturated carbocycles. The van der Waals surface area contributed by atoms with E-state index >= 15 is 0 Å². The maximum absolute atomic E-state index is 11.3. The Morgan fingerprint density at radius 2 is 1.78 bits per heavy atom. The van der Waals surface area contributed by atoms with Crippen LogP contribution in [0.15, 0.2) is 12.2 Å². The van der Waals surface area contributed by atoms with Crippen LogP contribution < -0.4 is 5.73 Å². The molecule has 2 N–H and O–H groups in total. The van der Waals surface area contributed by atoms with Crippen molar-refractivity contribution in [2.75, 3.05) is 13.2 Å². The van der Waals surface area contributed by atoms with Crippen molar-refractivity contribution in [3.05, 3.63) is 12.2 Å². The van der Waals surface area contributed by atoms with Gasteiger partial charge in [0.25, 0.3) is 11.8 Å². The minimum Gasteiger partial charge on any atom is -0.378 e. The van der Waals surface area contributed by atoms with E-state index in [0.717, 1.165) is 25.7 Å². The first kappa shape index (κ1) is 13.2. The number of imide groups is 1. The van der Waals surface area contributed by atoms with Crippen LogP contribution in [0.1, 0.15) is 32.1 Å². The number of ether oxygens (including phenoxy) is 1. The van der Waals surface area contributed by atoms with Crippen LogP contribution >= 0.6 is 0 Å². The van der Waals surface area contributed by atoms with Gasteiger partial charge < -0.3 is 10.5 Å². The van der Waals surface area contributed by atoms with Gasteiger partial charge >= 0.3 is 0 Å². The van der Waals surface area contributed by atoms with Crippen molar-refractivity contribution >= 4 is 11.8 Å². The normalized spacial score (nSPS) is 28.2. The SMILES string of the molecule is NC1CCC(OCCCN2C(=O)C=CC2=O)CC1. The summed E-state index contributed by atoms with van der Waals surface area (Å²) in [6, 6.07) is 0.329. The van der Waals surface area contributed by atoms with E-state index < -0.39 is 0 Å². The molecule has 5 heteroatoms. The van der Waals surface area contributed by atoms with Gasteiger partial charge in [0.05, 0.1) is 6.10 Å². The Kier molecular flexibility index (Phi) is 4.49. The maximum Gasteiger partial charge on any atom is 0.253 e. The molecule has 1 aliphatic heterocycles. The lowest BCUT2D eigenvalue weighted by Gasteiger charge is -2.26. The largest absolute Gasteiger partial charge is 0.378 e. The van der Waals surface area contributed by atoms with E-state index in [4.69, 9.17) is 10.5 Å². The molecule has 0 bridgehead atoms. The number of nitrogens with two attached hydrogens (primary N) is 1. The van der Waals surface area contributed by atoms with E-state index in [2.05, 4.69) is 0 Å². The number of hydrogen-bond acceptors (Lipinski definition) is 4. The molecule has 2 amide bonds. The first-order chi connectivity index (χ1) is 8.66. The summed E-state index contributed by atoms with van der Waals surface area (Å²) in [5.41, 5.74) is 5.82. The average molecular weight is 252 g/mol. The highest BCUT2D eigenvalue weighted by atomic mass is 16.5. The molecule has 0 radical (unpaired) electrons. The lowest BCUT2D eigenvalue weighted by Crippen LogP contribution is -2.33. The van der Waals surface area contributed by atoms with Crippen molar-refractivity contribution in [2.45, 2.75) is 44.2 Å². The Hall–Kier alpha value is -1.20. The molecule has 100 valence electrons. The predicted molar refractivity (Wildman–Crippen MR) is 66.7 cm³/mol. The van der Waals surface area contributed by atoms with Crippen LogP contribution in [0.2, 0.25) is 0 Å². The van der Waals surface area contributed by atoms with Crippen molar-refractivity contribution in [1.29, 1.82) is 0 Å². The fourth-order valence-electron chi connectivity index (χ4n) is 2.38. The van der Waals surface area contributed by atoms with Gasteiger partial charge in [-0.3, -0.25) is 14.5 Å². The first-order valence-electron chi connectivity index (χ1n) is 6.57. The van der Waals surface area contributed by atoms with E-state index in [1.54, 1.807) is 0 Å². The fraction of sp³-hybridized carbons (Fsp3) is 0.692. The molecule has 0 saturated heterocycles. The second-order valence-electron chi connectivity index (χ2n) is 4.92. The highest BCUT2D eigenvalue weighted by Gasteiger charge is 2.23. The maximum atomic E-state index is 11.3. The summed E-state index contributed by atoms with van der Waals surface area (Å²) in [7, 11) is 0. The van der Waals surface area contributed by atoms with Gasteiger partial charge in [-0.2, -0.15) is 0 Å². The number of nitrogens with zero attached hydrogens (tertiary/aromatic N) is 1. The third-order valence-electron chi connectivity index (χ3n) is 3.50. The van der Waals surface area contributed by atoms with Crippen LogP contribution in [-0.2, 0) is 14.3 Å². The Labute approximate surface area is 107 Å². The van der Waals surface area contributed by atoms with E-state index in [0.29, 0.717) is 31.7 Å². The van der Waals surface area contributed by atoms with Crippen molar-refractivity contribution in [3.8, 4) is 0 Å².